The predicted molar refractivity (Wildman–Crippen MR) is 101 cm³/mol. The van der Waals surface area contributed by atoms with E-state index in [4.69, 9.17) is 15.8 Å². The zero-order valence-electron chi connectivity index (χ0n) is 15.8. The molecule has 1 atom stereocenters. The highest BCUT2D eigenvalue weighted by atomic mass is 35.5. The third-order valence-electron chi connectivity index (χ3n) is 3.73. The topological polar surface area (TPSA) is 63.7 Å². The van der Waals surface area contributed by atoms with Gasteiger partial charge in [-0.25, -0.2) is 0 Å². The van der Waals surface area contributed by atoms with Gasteiger partial charge in [-0.3, -0.25) is 4.79 Å². The van der Waals surface area contributed by atoms with E-state index in [9.17, 15) is 13.2 Å². The van der Waals surface area contributed by atoms with Crippen LogP contribution in [-0.2, 0) is 21.5 Å². The smallest absolute Gasteiger partial charge is 0.306 e. The Bertz CT molecular complexity index is 710. The first-order valence-corrected chi connectivity index (χ1v) is 10.5. The minimum absolute atomic E-state index is 0.0138. The number of hydrogen-bond donors (Lipinski definition) is 0. The van der Waals surface area contributed by atoms with Crippen LogP contribution in [0, 0.1) is 5.41 Å². The maximum atomic E-state index is 12.8. The maximum absolute atomic E-state index is 12.8. The van der Waals surface area contributed by atoms with Gasteiger partial charge >= 0.3 is 10.1 Å². The molecule has 0 fully saturated rings. The van der Waals surface area contributed by atoms with Gasteiger partial charge in [0, 0.05) is 29.6 Å². The Hall–Kier alpha value is -1.27. The van der Waals surface area contributed by atoms with Crippen molar-refractivity contribution in [1.29, 1.82) is 0 Å². The standard InChI is InChI=1S/C18H28ClNO4S/c1-7-13(2)20(17(21)11-18(3,4)5)12-14-10-15(19)8-9-16(14)24-25(6,22)23/h8-10,13H,7,11-12H2,1-6H3/t13-/m1/s1. The average molecular weight is 390 g/mol. The van der Waals surface area contributed by atoms with Gasteiger partial charge in [-0.05, 0) is 37.0 Å². The summed E-state index contributed by atoms with van der Waals surface area (Å²) in [6.07, 6.45) is 2.18. The lowest BCUT2D eigenvalue weighted by Crippen LogP contribution is -2.39. The Labute approximate surface area is 156 Å². The summed E-state index contributed by atoms with van der Waals surface area (Å²) >= 11 is 6.06. The van der Waals surface area contributed by atoms with E-state index in [0.717, 1.165) is 12.7 Å². The highest BCUT2D eigenvalue weighted by molar-refractivity contribution is 7.86. The highest BCUT2D eigenvalue weighted by Gasteiger charge is 2.25. The third-order valence-corrected chi connectivity index (χ3v) is 4.45. The van der Waals surface area contributed by atoms with E-state index in [1.165, 1.54) is 6.07 Å². The van der Waals surface area contributed by atoms with Gasteiger partial charge < -0.3 is 9.08 Å². The predicted octanol–water partition coefficient (Wildman–Crippen LogP) is 4.24. The van der Waals surface area contributed by atoms with Crippen LogP contribution in [0.2, 0.25) is 5.02 Å². The lowest BCUT2D eigenvalue weighted by molar-refractivity contribution is -0.135. The lowest BCUT2D eigenvalue weighted by atomic mass is 9.91. The second kappa shape index (κ2) is 8.41. The van der Waals surface area contributed by atoms with Crippen molar-refractivity contribution in [3.63, 3.8) is 0 Å². The summed E-state index contributed by atoms with van der Waals surface area (Å²) in [7, 11) is -3.67. The molecule has 142 valence electrons. The summed E-state index contributed by atoms with van der Waals surface area (Å²) in [5.41, 5.74) is 0.434. The van der Waals surface area contributed by atoms with E-state index in [0.29, 0.717) is 17.0 Å². The van der Waals surface area contributed by atoms with E-state index in [1.54, 1.807) is 17.0 Å². The Morgan fingerprint density at radius 1 is 1.32 bits per heavy atom. The first-order chi connectivity index (χ1) is 11.3. The van der Waals surface area contributed by atoms with Crippen LogP contribution in [0.15, 0.2) is 18.2 Å². The zero-order chi connectivity index (χ0) is 19.4. The summed E-state index contributed by atoms with van der Waals surface area (Å²) in [5.74, 6) is 0.218. The van der Waals surface area contributed by atoms with Gasteiger partial charge in [-0.15, -0.1) is 0 Å². The molecular weight excluding hydrogens is 362 g/mol. The summed E-state index contributed by atoms with van der Waals surface area (Å²) < 4.78 is 28.1. The van der Waals surface area contributed by atoms with Crippen LogP contribution in [0.1, 0.15) is 53.0 Å². The molecular formula is C18H28ClNO4S. The van der Waals surface area contributed by atoms with Crippen LogP contribution in [0.25, 0.3) is 0 Å². The summed E-state index contributed by atoms with van der Waals surface area (Å²) in [5, 5.41) is 0.461. The molecule has 0 aliphatic rings. The normalized spacial score (nSPS) is 13.4. The maximum Gasteiger partial charge on any atom is 0.306 e. The first kappa shape index (κ1) is 21.8. The van der Waals surface area contributed by atoms with E-state index in [-0.39, 0.29) is 29.7 Å². The summed E-state index contributed by atoms with van der Waals surface area (Å²) in [6, 6.07) is 4.74. The minimum Gasteiger partial charge on any atom is -0.382 e. The number of amides is 1. The van der Waals surface area contributed by atoms with Gasteiger partial charge in [0.05, 0.1) is 6.26 Å². The molecule has 0 radical (unpaired) electrons. The van der Waals surface area contributed by atoms with Crippen molar-refractivity contribution in [2.75, 3.05) is 6.26 Å². The summed E-state index contributed by atoms with van der Waals surface area (Å²) in [6.45, 7) is 10.3. The van der Waals surface area contributed by atoms with Gasteiger partial charge in [0.15, 0.2) is 0 Å². The lowest BCUT2D eigenvalue weighted by Gasteiger charge is -2.32. The fraction of sp³-hybridized carbons (Fsp3) is 0.611. The molecule has 5 nitrogen and oxygen atoms in total. The molecule has 1 aromatic carbocycles. The van der Waals surface area contributed by atoms with Crippen LogP contribution in [0.3, 0.4) is 0 Å². The SMILES string of the molecule is CC[C@@H](C)N(Cc1cc(Cl)ccc1OS(C)(=O)=O)C(=O)CC(C)(C)C. The van der Waals surface area contributed by atoms with Crippen molar-refractivity contribution in [3.8, 4) is 5.75 Å². The van der Waals surface area contributed by atoms with Crippen LogP contribution in [-0.4, -0.2) is 31.5 Å². The highest BCUT2D eigenvalue weighted by Crippen LogP contribution is 2.28. The molecule has 0 saturated carbocycles. The Morgan fingerprint density at radius 3 is 2.40 bits per heavy atom. The van der Waals surface area contributed by atoms with Gasteiger partial charge in [-0.2, -0.15) is 8.42 Å². The minimum atomic E-state index is -3.67. The number of nitrogens with zero attached hydrogens (tertiary/aromatic N) is 1. The van der Waals surface area contributed by atoms with Crippen LogP contribution >= 0.6 is 11.6 Å². The molecule has 0 N–H and O–H groups in total. The second-order valence-corrected chi connectivity index (χ2v) is 9.57. The van der Waals surface area contributed by atoms with Gasteiger partial charge in [0.25, 0.3) is 0 Å². The third kappa shape index (κ3) is 7.65. The molecule has 0 spiro atoms. The monoisotopic (exact) mass is 389 g/mol. The Kier molecular flexibility index (Phi) is 7.32. The number of benzene rings is 1. The van der Waals surface area contributed by atoms with Crippen LogP contribution < -0.4 is 4.18 Å². The largest absolute Gasteiger partial charge is 0.382 e. The average Bonchev–Trinajstić information content (AvgIpc) is 2.43. The van der Waals surface area contributed by atoms with E-state index >= 15 is 0 Å². The molecule has 25 heavy (non-hydrogen) atoms. The molecule has 7 heteroatoms. The van der Waals surface area contributed by atoms with Crippen LogP contribution in [0.5, 0.6) is 5.75 Å². The molecule has 0 unspecified atom stereocenters. The van der Waals surface area contributed by atoms with Crippen molar-refractivity contribution < 1.29 is 17.4 Å². The molecule has 0 saturated heterocycles. The number of halogens is 1. The molecule has 1 aromatic rings. The Morgan fingerprint density at radius 2 is 1.92 bits per heavy atom. The number of carbonyl (C=O) groups excluding carboxylic acids is 1. The van der Waals surface area contributed by atoms with E-state index < -0.39 is 10.1 Å². The van der Waals surface area contributed by atoms with Crippen LogP contribution in [0.4, 0.5) is 0 Å². The van der Waals surface area contributed by atoms with Crippen molar-refractivity contribution in [1.82, 2.24) is 4.90 Å². The molecule has 0 heterocycles. The number of hydrogen-bond acceptors (Lipinski definition) is 4. The molecule has 1 rings (SSSR count). The fourth-order valence-electron chi connectivity index (χ4n) is 2.36. The van der Waals surface area contributed by atoms with E-state index in [2.05, 4.69) is 0 Å². The molecule has 0 bridgehead atoms. The number of carbonyl (C=O) groups is 1. The first-order valence-electron chi connectivity index (χ1n) is 8.29. The zero-order valence-corrected chi connectivity index (χ0v) is 17.4. The van der Waals surface area contributed by atoms with Gasteiger partial charge in [-0.1, -0.05) is 39.3 Å². The molecule has 0 aromatic heterocycles. The molecule has 0 aliphatic heterocycles. The quantitative estimate of drug-likeness (QED) is 0.654. The molecule has 1 amide bonds. The number of rotatable bonds is 7. The summed E-state index contributed by atoms with van der Waals surface area (Å²) in [4.78, 5) is 14.5. The van der Waals surface area contributed by atoms with Gasteiger partial charge in [0.1, 0.15) is 5.75 Å². The van der Waals surface area contributed by atoms with E-state index in [1.807, 2.05) is 34.6 Å². The van der Waals surface area contributed by atoms with Crippen molar-refractivity contribution in [2.45, 2.75) is 60.0 Å². The second-order valence-electron chi connectivity index (χ2n) is 7.56. The van der Waals surface area contributed by atoms with Crippen molar-refractivity contribution in [2.24, 2.45) is 5.41 Å². The van der Waals surface area contributed by atoms with Crippen molar-refractivity contribution in [3.05, 3.63) is 28.8 Å². The van der Waals surface area contributed by atoms with Gasteiger partial charge in [0.2, 0.25) is 5.91 Å². The Balaban J connectivity index is 3.19. The fourth-order valence-corrected chi connectivity index (χ4v) is 3.05. The van der Waals surface area contributed by atoms with Crippen molar-refractivity contribution >= 4 is 27.6 Å². The molecule has 0 aliphatic carbocycles.